The van der Waals surface area contributed by atoms with Crippen LogP contribution in [-0.4, -0.2) is 21.9 Å². The van der Waals surface area contributed by atoms with Crippen LogP contribution >= 0.6 is 32.7 Å². The molecule has 1 aromatic heterocycles. The summed E-state index contributed by atoms with van der Waals surface area (Å²) in [5.41, 5.74) is 1.60. The number of carbonyl (C=O) groups excluding carboxylic acids is 1. The number of hydrogen-bond acceptors (Lipinski definition) is 5. The van der Waals surface area contributed by atoms with Crippen molar-refractivity contribution in [1.29, 1.82) is 0 Å². The summed E-state index contributed by atoms with van der Waals surface area (Å²) in [6.45, 7) is 4.81. The fourth-order valence-electron chi connectivity index (χ4n) is 2.49. The van der Waals surface area contributed by atoms with Crippen LogP contribution in [0.2, 0.25) is 10.3 Å². The van der Waals surface area contributed by atoms with Gasteiger partial charge in [-0.2, -0.15) is 0 Å². The van der Waals surface area contributed by atoms with Gasteiger partial charge in [0.1, 0.15) is 11.9 Å². The zero-order valence-corrected chi connectivity index (χ0v) is 17.9. The summed E-state index contributed by atoms with van der Waals surface area (Å²) in [7, 11) is 2.16. The summed E-state index contributed by atoms with van der Waals surface area (Å²) in [6.07, 6.45) is 0.642. The molecule has 0 aliphatic rings. The number of nitrogens with zero attached hydrogens (tertiary/aromatic N) is 2. The summed E-state index contributed by atoms with van der Waals surface area (Å²) in [6, 6.07) is 8.62. The number of halogens is 2. The maximum absolute atomic E-state index is 12.7. The highest BCUT2D eigenvalue weighted by Gasteiger charge is 2.20. The Hall–Kier alpha value is -1.46. The van der Waals surface area contributed by atoms with Gasteiger partial charge in [-0.05, 0) is 41.6 Å². The van der Waals surface area contributed by atoms with Gasteiger partial charge in [0.2, 0.25) is 11.2 Å². The Balaban J connectivity index is 2.07. The minimum absolute atomic E-state index is 0.0990. The quantitative estimate of drug-likeness (QED) is 0.461. The molecule has 0 radical (unpaired) electrons. The Kier molecular flexibility index (Phi) is 8.71. The van der Waals surface area contributed by atoms with Crippen LogP contribution in [0, 0.1) is 5.92 Å². The lowest BCUT2D eigenvalue weighted by atomic mass is 10.0. The van der Waals surface area contributed by atoms with Crippen LogP contribution in [-0.2, 0) is 22.5 Å². The van der Waals surface area contributed by atoms with E-state index in [1.807, 2.05) is 12.1 Å². The van der Waals surface area contributed by atoms with Crippen molar-refractivity contribution in [2.24, 2.45) is 5.92 Å². The van der Waals surface area contributed by atoms with E-state index in [4.69, 9.17) is 27.7 Å². The predicted molar refractivity (Wildman–Crippen MR) is 112 cm³/mol. The Morgan fingerprint density at radius 2 is 1.93 bits per heavy atom. The highest BCUT2D eigenvalue weighted by molar-refractivity contribution is 7.09. The molecule has 6 nitrogen and oxygen atoms in total. The second-order valence-corrected chi connectivity index (χ2v) is 7.60. The summed E-state index contributed by atoms with van der Waals surface area (Å²) in [5, 5.41) is 6.87. The van der Waals surface area contributed by atoms with Gasteiger partial charge in [-0.15, -0.1) is 0 Å². The maximum Gasteiger partial charge on any atom is 0.242 e. The van der Waals surface area contributed by atoms with Gasteiger partial charge in [0, 0.05) is 27.1 Å². The molecule has 2 N–H and O–H groups in total. The smallest absolute Gasteiger partial charge is 0.242 e. The monoisotopic (exact) mass is 428 g/mol. The van der Waals surface area contributed by atoms with E-state index in [-0.39, 0.29) is 17.8 Å². The molecule has 2 rings (SSSR count). The second kappa shape index (κ2) is 10.8. The van der Waals surface area contributed by atoms with Crippen molar-refractivity contribution in [3.05, 3.63) is 51.9 Å². The van der Waals surface area contributed by atoms with E-state index in [2.05, 4.69) is 43.9 Å². The van der Waals surface area contributed by atoms with E-state index >= 15 is 0 Å². The molecule has 0 aliphatic carbocycles. The van der Waals surface area contributed by atoms with E-state index in [1.54, 1.807) is 18.2 Å². The Labute approximate surface area is 171 Å². The van der Waals surface area contributed by atoms with Gasteiger partial charge in [-0.3, -0.25) is 4.79 Å². The first-order valence-electron chi connectivity index (χ1n) is 8.51. The van der Waals surface area contributed by atoms with E-state index in [1.165, 1.54) is 0 Å². The molecule has 0 aliphatic heterocycles. The van der Waals surface area contributed by atoms with E-state index in [9.17, 15) is 4.79 Å². The molecule has 1 aromatic carbocycles. The number of rotatable bonds is 9. The lowest BCUT2D eigenvalue weighted by molar-refractivity contribution is -0.122. The Morgan fingerprint density at radius 1 is 1.22 bits per heavy atom. The molecule has 146 valence electrons. The molecule has 1 amide bonds. The Bertz CT molecular complexity index is 760. The van der Waals surface area contributed by atoms with Crippen molar-refractivity contribution >= 4 is 44.4 Å². The third kappa shape index (κ3) is 7.59. The van der Waals surface area contributed by atoms with Gasteiger partial charge in [0.15, 0.2) is 0 Å². The predicted octanol–water partition coefficient (Wildman–Crippen LogP) is 4.23. The molecule has 9 heteroatoms. The standard InChI is InChI=1S/C18H23Cl2N4O2P/c1-11(2)7-15(17(25)21-9-12-3-5-13(19)6-4-12)23-16-8-14(10-26-27)22-18(20)24-16/h3-6,8,11,15H,7,9-10,27H2,1-2H3,(H,21,25)(H,22,23,24)/t15-/m1/s1. The van der Waals surface area contributed by atoms with Crippen LogP contribution in [0.4, 0.5) is 5.82 Å². The minimum atomic E-state index is -0.451. The van der Waals surface area contributed by atoms with Crippen LogP contribution < -0.4 is 10.6 Å². The highest BCUT2D eigenvalue weighted by Crippen LogP contribution is 2.16. The van der Waals surface area contributed by atoms with Gasteiger partial charge < -0.3 is 15.2 Å². The average molecular weight is 429 g/mol. The normalized spacial score (nSPS) is 12.1. The van der Waals surface area contributed by atoms with Gasteiger partial charge in [0.25, 0.3) is 0 Å². The summed E-state index contributed by atoms with van der Waals surface area (Å²) < 4.78 is 5.00. The van der Waals surface area contributed by atoms with Gasteiger partial charge >= 0.3 is 0 Å². The number of hydrogen-bond donors (Lipinski definition) is 2. The Morgan fingerprint density at radius 3 is 2.56 bits per heavy atom. The fraction of sp³-hybridized carbons (Fsp3) is 0.389. The maximum atomic E-state index is 12.7. The zero-order chi connectivity index (χ0) is 19.8. The summed E-state index contributed by atoms with van der Waals surface area (Å²) in [4.78, 5) is 21.0. The highest BCUT2D eigenvalue weighted by atomic mass is 35.5. The van der Waals surface area contributed by atoms with Crippen molar-refractivity contribution in [1.82, 2.24) is 15.3 Å². The van der Waals surface area contributed by atoms with Crippen molar-refractivity contribution in [2.75, 3.05) is 5.32 Å². The van der Waals surface area contributed by atoms with Gasteiger partial charge in [-0.1, -0.05) is 37.6 Å². The first-order valence-corrected chi connectivity index (χ1v) is 9.74. The van der Waals surface area contributed by atoms with Crippen LogP contribution in [0.15, 0.2) is 30.3 Å². The molecular formula is C18H23Cl2N4O2P. The zero-order valence-electron chi connectivity index (χ0n) is 15.2. The first kappa shape index (κ1) is 21.8. The molecule has 0 fully saturated rings. The fourth-order valence-corrected chi connectivity index (χ4v) is 2.99. The number of benzene rings is 1. The molecule has 0 saturated heterocycles. The van der Waals surface area contributed by atoms with Crippen LogP contribution in [0.25, 0.3) is 0 Å². The third-order valence-corrected chi connectivity index (χ3v) is 4.30. The van der Waals surface area contributed by atoms with Gasteiger partial charge in [-0.25, -0.2) is 9.97 Å². The number of amides is 1. The number of aromatic nitrogens is 2. The van der Waals surface area contributed by atoms with E-state index in [0.717, 1.165) is 5.56 Å². The van der Waals surface area contributed by atoms with Crippen molar-refractivity contribution in [3.8, 4) is 0 Å². The summed E-state index contributed by atoms with van der Waals surface area (Å²) >= 11 is 11.9. The van der Waals surface area contributed by atoms with Crippen molar-refractivity contribution in [3.63, 3.8) is 0 Å². The van der Waals surface area contributed by atoms with Crippen LogP contribution in [0.5, 0.6) is 0 Å². The lowest BCUT2D eigenvalue weighted by Crippen LogP contribution is -2.40. The van der Waals surface area contributed by atoms with Crippen molar-refractivity contribution < 1.29 is 9.32 Å². The molecule has 0 spiro atoms. The minimum Gasteiger partial charge on any atom is -0.359 e. The second-order valence-electron chi connectivity index (χ2n) is 6.50. The molecule has 2 atom stereocenters. The molecule has 1 heterocycles. The number of carbonyl (C=O) groups is 1. The number of anilines is 1. The molecule has 0 saturated carbocycles. The topological polar surface area (TPSA) is 76.1 Å². The van der Waals surface area contributed by atoms with E-state index in [0.29, 0.717) is 35.4 Å². The van der Waals surface area contributed by atoms with Crippen LogP contribution in [0.1, 0.15) is 31.5 Å². The SMILES string of the molecule is CC(C)C[C@@H](Nc1cc(COP)nc(Cl)n1)C(=O)NCc1ccc(Cl)cc1. The molecule has 0 bridgehead atoms. The third-order valence-electron chi connectivity index (χ3n) is 3.71. The molecule has 27 heavy (non-hydrogen) atoms. The largest absolute Gasteiger partial charge is 0.359 e. The van der Waals surface area contributed by atoms with Crippen LogP contribution in [0.3, 0.4) is 0 Å². The lowest BCUT2D eigenvalue weighted by Gasteiger charge is -2.21. The molecule has 2 aromatic rings. The van der Waals surface area contributed by atoms with Crippen molar-refractivity contribution in [2.45, 2.75) is 39.5 Å². The average Bonchev–Trinajstić information content (AvgIpc) is 2.60. The van der Waals surface area contributed by atoms with E-state index < -0.39 is 6.04 Å². The molecular weight excluding hydrogens is 406 g/mol. The van der Waals surface area contributed by atoms with Gasteiger partial charge in [0.05, 0.1) is 12.3 Å². The number of nitrogens with one attached hydrogen (secondary N) is 2. The molecule has 1 unspecified atom stereocenters. The summed E-state index contributed by atoms with van der Waals surface area (Å²) in [5.74, 6) is 0.688. The first-order chi connectivity index (χ1) is 12.9.